The molecule has 108 valence electrons. The number of nitrogens with zero attached hydrogens (tertiary/aromatic N) is 1. The van der Waals surface area contributed by atoms with Crippen LogP contribution in [0, 0.1) is 0 Å². The van der Waals surface area contributed by atoms with Gasteiger partial charge in [0.2, 0.25) is 0 Å². The van der Waals surface area contributed by atoms with Gasteiger partial charge in [-0.3, -0.25) is 0 Å². The van der Waals surface area contributed by atoms with Crippen molar-refractivity contribution in [3.8, 4) is 11.5 Å². The van der Waals surface area contributed by atoms with Crippen molar-refractivity contribution in [1.82, 2.24) is 5.43 Å². The monoisotopic (exact) mass is 346 g/mol. The summed E-state index contributed by atoms with van der Waals surface area (Å²) in [5.41, 5.74) is 5.77. The Morgan fingerprint density at radius 2 is 2.10 bits per heavy atom. The molecule has 0 saturated heterocycles. The Balaban J connectivity index is 1.86. The molecule has 2 aromatic carbocycles. The normalized spacial score (nSPS) is 17.2. The number of benzene rings is 2. The zero-order chi connectivity index (χ0) is 14.8. The van der Waals surface area contributed by atoms with E-state index in [1.165, 1.54) is 0 Å². The van der Waals surface area contributed by atoms with Crippen molar-refractivity contribution < 1.29 is 9.84 Å². The summed E-state index contributed by atoms with van der Waals surface area (Å²) in [6, 6.07) is 13.3. The fourth-order valence-electron chi connectivity index (χ4n) is 2.48. The number of hydrogen-bond acceptors (Lipinski definition) is 4. The molecule has 2 N–H and O–H groups in total. The number of rotatable bonds is 3. The number of phenolic OH excluding ortho intramolecular Hbond substituents is 1. The number of phenols is 1. The van der Waals surface area contributed by atoms with E-state index in [2.05, 4.69) is 26.5 Å². The molecular weight excluding hydrogens is 332 g/mol. The summed E-state index contributed by atoms with van der Waals surface area (Å²) in [5.74, 6) is 1.07. The number of nitrogens with one attached hydrogen (secondary N) is 1. The predicted molar refractivity (Wildman–Crippen MR) is 85.8 cm³/mol. The Morgan fingerprint density at radius 3 is 2.90 bits per heavy atom. The Labute approximate surface area is 131 Å². The summed E-state index contributed by atoms with van der Waals surface area (Å²) in [7, 11) is 1.66. The highest BCUT2D eigenvalue weighted by Crippen LogP contribution is 2.33. The van der Waals surface area contributed by atoms with E-state index in [0.29, 0.717) is 6.42 Å². The number of para-hydroxylation sites is 1. The topological polar surface area (TPSA) is 53.9 Å². The summed E-state index contributed by atoms with van der Waals surface area (Å²) < 4.78 is 6.31. The molecule has 1 unspecified atom stereocenters. The van der Waals surface area contributed by atoms with E-state index in [1.807, 2.05) is 30.3 Å². The minimum atomic E-state index is 0.0505. The summed E-state index contributed by atoms with van der Waals surface area (Å²) in [4.78, 5) is 0. The van der Waals surface area contributed by atoms with Gasteiger partial charge in [-0.15, -0.1) is 0 Å². The molecule has 0 aromatic heterocycles. The summed E-state index contributed by atoms with van der Waals surface area (Å²) in [5, 5.41) is 14.4. The summed E-state index contributed by atoms with van der Waals surface area (Å²) in [6.45, 7) is 0. The maximum atomic E-state index is 10.00. The van der Waals surface area contributed by atoms with Gasteiger partial charge in [0, 0.05) is 22.0 Å². The van der Waals surface area contributed by atoms with E-state index in [-0.39, 0.29) is 11.8 Å². The molecular formula is C16H15BrN2O2. The second-order valence-corrected chi connectivity index (χ2v) is 5.76. The molecule has 2 aromatic rings. The molecule has 1 heterocycles. The third-order valence-corrected chi connectivity index (χ3v) is 4.03. The van der Waals surface area contributed by atoms with Crippen LogP contribution in [0.3, 0.4) is 0 Å². The second kappa shape index (κ2) is 5.77. The fourth-order valence-corrected chi connectivity index (χ4v) is 2.84. The molecule has 0 saturated carbocycles. The highest BCUT2D eigenvalue weighted by molar-refractivity contribution is 9.10. The fraction of sp³-hybridized carbons (Fsp3) is 0.188. The van der Waals surface area contributed by atoms with E-state index in [1.54, 1.807) is 19.2 Å². The predicted octanol–water partition coefficient (Wildman–Crippen LogP) is 3.60. The van der Waals surface area contributed by atoms with Crippen molar-refractivity contribution in [2.24, 2.45) is 5.10 Å². The van der Waals surface area contributed by atoms with E-state index < -0.39 is 0 Å². The van der Waals surface area contributed by atoms with Gasteiger partial charge in [-0.05, 0) is 24.3 Å². The van der Waals surface area contributed by atoms with E-state index in [0.717, 1.165) is 27.1 Å². The molecule has 1 aliphatic heterocycles. The zero-order valence-electron chi connectivity index (χ0n) is 11.5. The van der Waals surface area contributed by atoms with Gasteiger partial charge in [0.05, 0.1) is 18.9 Å². The number of ether oxygens (including phenoxy) is 1. The lowest BCUT2D eigenvalue weighted by Gasteiger charge is -2.14. The number of hydrogen-bond donors (Lipinski definition) is 2. The van der Waals surface area contributed by atoms with Crippen LogP contribution in [0.5, 0.6) is 11.5 Å². The molecule has 0 aliphatic carbocycles. The highest BCUT2D eigenvalue weighted by Gasteiger charge is 2.25. The minimum absolute atomic E-state index is 0.0505. The Hall–Kier alpha value is -2.01. The third kappa shape index (κ3) is 2.74. The Bertz CT molecular complexity index is 700. The SMILES string of the molecule is COc1ccccc1C1CC(c2cc(Br)ccc2O)=NN1. The van der Waals surface area contributed by atoms with Crippen molar-refractivity contribution in [2.45, 2.75) is 12.5 Å². The Kier molecular flexibility index (Phi) is 3.84. The van der Waals surface area contributed by atoms with Crippen LogP contribution in [-0.2, 0) is 0 Å². The van der Waals surface area contributed by atoms with Crippen LogP contribution in [0.25, 0.3) is 0 Å². The van der Waals surface area contributed by atoms with Crippen LogP contribution >= 0.6 is 15.9 Å². The molecule has 21 heavy (non-hydrogen) atoms. The van der Waals surface area contributed by atoms with Gasteiger partial charge >= 0.3 is 0 Å². The van der Waals surface area contributed by atoms with Crippen LogP contribution in [0.4, 0.5) is 0 Å². The van der Waals surface area contributed by atoms with Crippen molar-refractivity contribution >= 4 is 21.6 Å². The molecule has 1 atom stereocenters. The van der Waals surface area contributed by atoms with Crippen LogP contribution in [-0.4, -0.2) is 17.9 Å². The van der Waals surface area contributed by atoms with Gasteiger partial charge in [0.15, 0.2) is 0 Å². The minimum Gasteiger partial charge on any atom is -0.507 e. The molecule has 4 nitrogen and oxygen atoms in total. The van der Waals surface area contributed by atoms with E-state index in [9.17, 15) is 5.11 Å². The van der Waals surface area contributed by atoms with Crippen molar-refractivity contribution in [1.29, 1.82) is 0 Å². The second-order valence-electron chi connectivity index (χ2n) is 4.85. The van der Waals surface area contributed by atoms with Gasteiger partial charge in [-0.2, -0.15) is 5.10 Å². The van der Waals surface area contributed by atoms with Crippen molar-refractivity contribution in [2.75, 3.05) is 7.11 Å². The molecule has 0 fully saturated rings. The third-order valence-electron chi connectivity index (χ3n) is 3.54. The highest BCUT2D eigenvalue weighted by atomic mass is 79.9. The van der Waals surface area contributed by atoms with Gasteiger partial charge < -0.3 is 15.3 Å². The first-order valence-electron chi connectivity index (χ1n) is 6.63. The average molecular weight is 347 g/mol. The molecule has 0 spiro atoms. The maximum absolute atomic E-state index is 10.00. The first-order chi connectivity index (χ1) is 10.2. The Morgan fingerprint density at radius 1 is 1.29 bits per heavy atom. The average Bonchev–Trinajstić information content (AvgIpc) is 2.99. The van der Waals surface area contributed by atoms with Gasteiger partial charge in [-0.1, -0.05) is 34.1 Å². The van der Waals surface area contributed by atoms with Gasteiger partial charge in [0.25, 0.3) is 0 Å². The standard InChI is InChI=1S/C16H15BrN2O2/c1-21-16-5-3-2-4-11(16)13-9-14(19-18-13)12-8-10(17)6-7-15(12)20/h2-8,13,18,20H,9H2,1H3. The number of hydrazone groups is 1. The van der Waals surface area contributed by atoms with Crippen LogP contribution in [0.2, 0.25) is 0 Å². The number of methoxy groups -OCH3 is 1. The molecule has 3 rings (SSSR count). The first-order valence-corrected chi connectivity index (χ1v) is 7.42. The number of halogens is 1. The van der Waals surface area contributed by atoms with Crippen molar-refractivity contribution in [3.05, 3.63) is 58.1 Å². The van der Waals surface area contributed by atoms with Gasteiger partial charge in [-0.25, -0.2) is 0 Å². The maximum Gasteiger partial charge on any atom is 0.124 e. The van der Waals surface area contributed by atoms with E-state index >= 15 is 0 Å². The molecule has 0 bridgehead atoms. The van der Waals surface area contributed by atoms with Crippen LogP contribution in [0.15, 0.2) is 52.0 Å². The molecule has 1 aliphatic rings. The summed E-state index contributed by atoms with van der Waals surface area (Å²) >= 11 is 3.42. The zero-order valence-corrected chi connectivity index (χ0v) is 13.1. The quantitative estimate of drug-likeness (QED) is 0.892. The van der Waals surface area contributed by atoms with Crippen LogP contribution < -0.4 is 10.2 Å². The van der Waals surface area contributed by atoms with Crippen molar-refractivity contribution in [3.63, 3.8) is 0 Å². The van der Waals surface area contributed by atoms with Crippen LogP contribution in [0.1, 0.15) is 23.6 Å². The van der Waals surface area contributed by atoms with Gasteiger partial charge in [0.1, 0.15) is 11.5 Å². The lowest BCUT2D eigenvalue weighted by Crippen LogP contribution is -2.11. The van der Waals surface area contributed by atoms with E-state index in [4.69, 9.17) is 4.74 Å². The lowest BCUT2D eigenvalue weighted by atomic mass is 9.98. The summed E-state index contributed by atoms with van der Waals surface area (Å²) in [6.07, 6.45) is 0.699. The molecule has 0 amide bonds. The lowest BCUT2D eigenvalue weighted by molar-refractivity contribution is 0.402. The molecule has 0 radical (unpaired) electrons. The molecule has 5 heteroatoms. The largest absolute Gasteiger partial charge is 0.507 e. The first kappa shape index (κ1) is 13.9. The smallest absolute Gasteiger partial charge is 0.124 e. The number of aromatic hydroxyl groups is 1.